The maximum Gasteiger partial charge on any atom is 0.273 e. The lowest BCUT2D eigenvalue weighted by atomic mass is 10.1. The van der Waals surface area contributed by atoms with E-state index in [0.717, 1.165) is 10.0 Å². The molecule has 0 aliphatic carbocycles. The zero-order chi connectivity index (χ0) is 16.7. The highest BCUT2D eigenvalue weighted by Gasteiger charge is 2.25. The van der Waals surface area contributed by atoms with Gasteiger partial charge in [-0.1, -0.05) is 6.92 Å². The largest absolute Gasteiger partial charge is 0.273 e. The number of hydrogen-bond acceptors (Lipinski definition) is 5. The summed E-state index contributed by atoms with van der Waals surface area (Å²) in [7, 11) is -3.91. The van der Waals surface area contributed by atoms with E-state index in [1.54, 1.807) is 27.7 Å². The summed E-state index contributed by atoms with van der Waals surface area (Å²) in [5, 5.41) is 11.1. The molecule has 1 aromatic carbocycles. The first-order chi connectivity index (χ1) is 10.2. The van der Waals surface area contributed by atoms with E-state index in [4.69, 9.17) is 0 Å². The summed E-state index contributed by atoms with van der Waals surface area (Å²) < 4.78 is 26.6. The van der Waals surface area contributed by atoms with E-state index in [0.29, 0.717) is 29.1 Å². The van der Waals surface area contributed by atoms with E-state index in [1.165, 1.54) is 12.3 Å². The van der Waals surface area contributed by atoms with Gasteiger partial charge in [-0.2, -0.15) is 0 Å². The zero-order valence-electron chi connectivity index (χ0n) is 12.8. The van der Waals surface area contributed by atoms with Crippen LogP contribution in [-0.4, -0.2) is 22.3 Å². The molecule has 1 heterocycles. The average Bonchev–Trinajstić information content (AvgIpc) is 2.83. The third-order valence-electron chi connectivity index (χ3n) is 3.55. The number of aromatic nitrogens is 2. The van der Waals surface area contributed by atoms with Gasteiger partial charge in [0.1, 0.15) is 5.82 Å². The molecule has 2 aromatic rings. The second-order valence-electron chi connectivity index (χ2n) is 5.09. The van der Waals surface area contributed by atoms with Crippen LogP contribution >= 0.6 is 0 Å². The van der Waals surface area contributed by atoms with Crippen molar-refractivity contribution in [2.24, 2.45) is 0 Å². The fourth-order valence-electron chi connectivity index (χ4n) is 2.23. The minimum atomic E-state index is -3.91. The second-order valence-corrected chi connectivity index (χ2v) is 6.91. The van der Waals surface area contributed by atoms with Gasteiger partial charge in [0.2, 0.25) is 0 Å². The standard InChI is InChI=1S/C14H17N3O4S/c1-5-14-15-10(3)8-16(14)22(20,21)12-6-9(2)11(4)13(7-12)17(18)19/h6-8H,5H2,1-4H3. The highest BCUT2D eigenvalue weighted by molar-refractivity contribution is 7.90. The first kappa shape index (κ1) is 16.2. The van der Waals surface area contributed by atoms with Crippen LogP contribution in [0.2, 0.25) is 0 Å². The van der Waals surface area contributed by atoms with Crippen LogP contribution in [0.25, 0.3) is 0 Å². The van der Waals surface area contributed by atoms with Crippen LogP contribution in [0, 0.1) is 30.9 Å². The van der Waals surface area contributed by atoms with Crippen molar-refractivity contribution in [1.82, 2.24) is 8.96 Å². The molecule has 0 bridgehead atoms. The Kier molecular flexibility index (Phi) is 4.06. The van der Waals surface area contributed by atoms with Crippen LogP contribution in [0.4, 0.5) is 5.69 Å². The van der Waals surface area contributed by atoms with E-state index in [1.807, 2.05) is 0 Å². The highest BCUT2D eigenvalue weighted by atomic mass is 32.2. The Balaban J connectivity index is 2.71. The summed E-state index contributed by atoms with van der Waals surface area (Å²) in [4.78, 5) is 14.6. The molecular formula is C14H17N3O4S. The maximum absolute atomic E-state index is 12.8. The van der Waals surface area contributed by atoms with Crippen LogP contribution in [-0.2, 0) is 16.4 Å². The molecule has 8 heteroatoms. The fraction of sp³-hybridized carbons (Fsp3) is 0.357. The van der Waals surface area contributed by atoms with Gasteiger partial charge in [-0.25, -0.2) is 17.4 Å². The smallest absolute Gasteiger partial charge is 0.258 e. The van der Waals surface area contributed by atoms with Crippen molar-refractivity contribution >= 4 is 15.7 Å². The Hall–Kier alpha value is -2.22. The number of rotatable bonds is 4. The molecular weight excluding hydrogens is 306 g/mol. The van der Waals surface area contributed by atoms with Gasteiger partial charge in [0.15, 0.2) is 0 Å². The van der Waals surface area contributed by atoms with Crippen LogP contribution < -0.4 is 0 Å². The highest BCUT2D eigenvalue weighted by Crippen LogP contribution is 2.27. The number of imidazole rings is 1. The zero-order valence-corrected chi connectivity index (χ0v) is 13.6. The lowest BCUT2D eigenvalue weighted by molar-refractivity contribution is -0.385. The van der Waals surface area contributed by atoms with Crippen LogP contribution in [0.5, 0.6) is 0 Å². The second kappa shape index (κ2) is 5.53. The molecule has 0 unspecified atom stereocenters. The van der Waals surface area contributed by atoms with Gasteiger partial charge in [0.25, 0.3) is 15.7 Å². The molecule has 0 aliphatic rings. The summed E-state index contributed by atoms with van der Waals surface area (Å²) in [6.07, 6.45) is 1.87. The fourth-order valence-corrected chi connectivity index (χ4v) is 3.78. The van der Waals surface area contributed by atoms with Crippen molar-refractivity contribution in [2.45, 2.75) is 39.0 Å². The molecule has 1 aromatic heterocycles. The Bertz CT molecular complexity index is 853. The van der Waals surface area contributed by atoms with Crippen molar-refractivity contribution in [1.29, 1.82) is 0 Å². The van der Waals surface area contributed by atoms with Gasteiger partial charge in [-0.15, -0.1) is 0 Å². The SMILES string of the molecule is CCc1nc(C)cn1S(=O)(=O)c1cc(C)c(C)c([N+](=O)[O-])c1. The molecule has 7 nitrogen and oxygen atoms in total. The summed E-state index contributed by atoms with van der Waals surface area (Å²) in [5.41, 5.74) is 1.40. The predicted octanol–water partition coefficient (Wildman–Crippen LogP) is 2.52. The van der Waals surface area contributed by atoms with E-state index in [9.17, 15) is 18.5 Å². The maximum atomic E-state index is 12.8. The Morgan fingerprint density at radius 1 is 1.27 bits per heavy atom. The molecule has 0 saturated heterocycles. The van der Waals surface area contributed by atoms with Gasteiger partial charge in [0.05, 0.1) is 15.5 Å². The Morgan fingerprint density at radius 3 is 2.45 bits per heavy atom. The summed E-state index contributed by atoms with van der Waals surface area (Å²) in [5.74, 6) is 0.401. The molecule has 0 fully saturated rings. The van der Waals surface area contributed by atoms with Crippen molar-refractivity contribution in [3.63, 3.8) is 0 Å². The van der Waals surface area contributed by atoms with Crippen molar-refractivity contribution in [3.8, 4) is 0 Å². The van der Waals surface area contributed by atoms with Gasteiger partial charge in [0, 0.05) is 24.2 Å². The molecule has 0 atom stereocenters. The minimum absolute atomic E-state index is 0.102. The van der Waals surface area contributed by atoms with Crippen LogP contribution in [0.15, 0.2) is 23.2 Å². The molecule has 0 amide bonds. The normalized spacial score (nSPS) is 11.6. The monoisotopic (exact) mass is 323 g/mol. The van der Waals surface area contributed by atoms with Gasteiger partial charge in [-0.05, 0) is 32.4 Å². The lowest BCUT2D eigenvalue weighted by Gasteiger charge is -2.10. The van der Waals surface area contributed by atoms with Crippen LogP contribution in [0.3, 0.4) is 0 Å². The van der Waals surface area contributed by atoms with E-state index in [-0.39, 0.29) is 10.6 Å². The van der Waals surface area contributed by atoms with E-state index >= 15 is 0 Å². The predicted molar refractivity (Wildman–Crippen MR) is 81.5 cm³/mol. The third kappa shape index (κ3) is 2.61. The van der Waals surface area contributed by atoms with Gasteiger partial charge >= 0.3 is 0 Å². The molecule has 0 N–H and O–H groups in total. The van der Waals surface area contributed by atoms with Crippen molar-refractivity contribution in [2.75, 3.05) is 0 Å². The summed E-state index contributed by atoms with van der Waals surface area (Å²) >= 11 is 0. The third-order valence-corrected chi connectivity index (χ3v) is 5.21. The first-order valence-electron chi connectivity index (χ1n) is 6.74. The number of benzene rings is 1. The molecule has 118 valence electrons. The Morgan fingerprint density at radius 2 is 1.91 bits per heavy atom. The molecule has 0 radical (unpaired) electrons. The van der Waals surface area contributed by atoms with Crippen molar-refractivity contribution < 1.29 is 13.3 Å². The van der Waals surface area contributed by atoms with E-state index < -0.39 is 14.9 Å². The summed E-state index contributed by atoms with van der Waals surface area (Å²) in [6, 6.07) is 2.55. The molecule has 0 saturated carbocycles. The number of hydrogen-bond donors (Lipinski definition) is 0. The molecule has 22 heavy (non-hydrogen) atoms. The Labute approximate surface area is 128 Å². The molecule has 0 aliphatic heterocycles. The number of nitrogens with zero attached hydrogens (tertiary/aromatic N) is 3. The topological polar surface area (TPSA) is 95.1 Å². The van der Waals surface area contributed by atoms with Crippen LogP contribution in [0.1, 0.15) is 29.6 Å². The van der Waals surface area contributed by atoms with Gasteiger partial charge < -0.3 is 0 Å². The van der Waals surface area contributed by atoms with Gasteiger partial charge in [-0.3, -0.25) is 10.1 Å². The lowest BCUT2D eigenvalue weighted by Crippen LogP contribution is -2.15. The first-order valence-corrected chi connectivity index (χ1v) is 8.18. The quantitative estimate of drug-likeness (QED) is 0.636. The minimum Gasteiger partial charge on any atom is -0.258 e. The molecule has 0 spiro atoms. The van der Waals surface area contributed by atoms with E-state index in [2.05, 4.69) is 4.98 Å². The number of nitro groups is 1. The number of nitro benzene ring substituents is 1. The molecule has 2 rings (SSSR count). The van der Waals surface area contributed by atoms with Crippen molar-refractivity contribution in [3.05, 3.63) is 51.1 Å². The summed E-state index contributed by atoms with van der Waals surface area (Å²) in [6.45, 7) is 6.76. The number of aryl methyl sites for hydroxylation is 3. The average molecular weight is 323 g/mol.